The van der Waals surface area contributed by atoms with E-state index >= 15 is 0 Å². The zero-order valence-electron chi connectivity index (χ0n) is 15.7. The van der Waals surface area contributed by atoms with Crippen LogP contribution in [-0.4, -0.2) is 12.2 Å². The lowest BCUT2D eigenvalue weighted by Gasteiger charge is -2.32. The highest BCUT2D eigenvalue weighted by Crippen LogP contribution is 2.46. The minimum absolute atomic E-state index is 0.149. The molecule has 0 amide bonds. The van der Waals surface area contributed by atoms with Crippen molar-refractivity contribution in [3.8, 4) is 11.5 Å². The van der Waals surface area contributed by atoms with Crippen molar-refractivity contribution in [2.75, 3.05) is 7.11 Å². The summed E-state index contributed by atoms with van der Waals surface area (Å²) in [5.74, 6) is 1.68. The van der Waals surface area contributed by atoms with E-state index in [2.05, 4.69) is 39.5 Å². The monoisotopic (exact) mass is 328 g/mol. The summed E-state index contributed by atoms with van der Waals surface area (Å²) in [5, 5.41) is 10.8. The first-order valence-electron chi connectivity index (χ1n) is 9.20. The van der Waals surface area contributed by atoms with Crippen molar-refractivity contribution in [3.05, 3.63) is 47.1 Å². The molecular weight excluding hydrogens is 296 g/mol. The van der Waals surface area contributed by atoms with Gasteiger partial charge in [0.1, 0.15) is 11.5 Å². The van der Waals surface area contributed by atoms with E-state index in [1.807, 2.05) is 6.07 Å². The van der Waals surface area contributed by atoms with E-state index in [1.54, 1.807) is 7.11 Å². The van der Waals surface area contributed by atoms with Gasteiger partial charge in [0.05, 0.1) is 7.11 Å². The van der Waals surface area contributed by atoms with Crippen LogP contribution >= 0.6 is 0 Å². The Hall–Kier alpha value is -1.70. The Morgan fingerprint density at radius 3 is 2.71 bits per heavy atom. The van der Waals surface area contributed by atoms with Crippen molar-refractivity contribution in [1.29, 1.82) is 0 Å². The van der Waals surface area contributed by atoms with Crippen molar-refractivity contribution < 1.29 is 9.84 Å². The van der Waals surface area contributed by atoms with Gasteiger partial charge in [0.15, 0.2) is 0 Å². The van der Waals surface area contributed by atoms with Crippen LogP contribution in [0.25, 0.3) is 0 Å². The zero-order chi connectivity index (χ0) is 17.7. The summed E-state index contributed by atoms with van der Waals surface area (Å²) < 4.78 is 5.67. The molecule has 1 aliphatic rings. The molecule has 0 aromatic heterocycles. The highest BCUT2D eigenvalue weighted by molar-refractivity contribution is 5.52. The average molecular weight is 328 g/mol. The first-order chi connectivity index (χ1) is 11.5. The maximum Gasteiger partial charge on any atom is 0.126 e. The lowest BCUT2D eigenvalue weighted by Crippen LogP contribution is -2.17. The van der Waals surface area contributed by atoms with Crippen LogP contribution in [0.4, 0.5) is 0 Å². The molecule has 1 N–H and O–H groups in total. The van der Waals surface area contributed by atoms with Crippen LogP contribution in [0.2, 0.25) is 0 Å². The van der Waals surface area contributed by atoms with Crippen molar-refractivity contribution >= 4 is 0 Å². The van der Waals surface area contributed by atoms with Crippen molar-refractivity contribution in [1.82, 2.24) is 0 Å². The summed E-state index contributed by atoms with van der Waals surface area (Å²) in [4.78, 5) is 0. The Bertz CT molecular complexity index is 613. The van der Waals surface area contributed by atoms with Crippen LogP contribution in [0.5, 0.6) is 11.5 Å². The van der Waals surface area contributed by atoms with Gasteiger partial charge in [-0.25, -0.2) is 0 Å². The molecule has 0 bridgehead atoms. The number of phenols is 1. The molecule has 0 aliphatic heterocycles. The fourth-order valence-electron chi connectivity index (χ4n) is 3.80. The molecular formula is C22H32O2. The standard InChI is InChI=1S/C22H32O2/c1-6-7-8-9-17-13-20(23)22(21(14-17)24-5)19-12-16(4)10-11-18(19)15(2)3/h12-14,18-19,23H,2,6-11H2,1,3-5H3. The first-order valence-corrected chi connectivity index (χ1v) is 9.20. The highest BCUT2D eigenvalue weighted by Gasteiger charge is 2.30. The fourth-order valence-corrected chi connectivity index (χ4v) is 3.80. The van der Waals surface area contributed by atoms with Gasteiger partial charge in [-0.3, -0.25) is 0 Å². The van der Waals surface area contributed by atoms with Crippen molar-refractivity contribution in [2.24, 2.45) is 5.92 Å². The molecule has 24 heavy (non-hydrogen) atoms. The van der Waals surface area contributed by atoms with Gasteiger partial charge in [-0.1, -0.05) is 43.6 Å². The van der Waals surface area contributed by atoms with Crippen molar-refractivity contribution in [3.63, 3.8) is 0 Å². The minimum Gasteiger partial charge on any atom is -0.507 e. The van der Waals surface area contributed by atoms with Crippen LogP contribution in [0.3, 0.4) is 0 Å². The number of phenolic OH excluding ortho intramolecular Hbond substituents is 1. The van der Waals surface area contributed by atoms with Gasteiger partial charge in [0.2, 0.25) is 0 Å². The summed E-state index contributed by atoms with van der Waals surface area (Å²) in [6.45, 7) is 10.6. The Kier molecular flexibility index (Phi) is 6.53. The number of aryl methyl sites for hydroxylation is 1. The van der Waals surface area contributed by atoms with E-state index in [9.17, 15) is 5.11 Å². The number of hydrogen-bond acceptors (Lipinski definition) is 2. The number of hydrogen-bond donors (Lipinski definition) is 1. The molecule has 2 unspecified atom stereocenters. The van der Waals surface area contributed by atoms with Gasteiger partial charge in [-0.15, -0.1) is 0 Å². The predicted octanol–water partition coefficient (Wildman–Crippen LogP) is 6.15. The largest absolute Gasteiger partial charge is 0.507 e. The molecule has 2 rings (SSSR count). The molecule has 0 saturated heterocycles. The third-order valence-electron chi connectivity index (χ3n) is 5.18. The molecule has 1 aromatic carbocycles. The Morgan fingerprint density at radius 1 is 1.33 bits per heavy atom. The summed E-state index contributed by atoms with van der Waals surface area (Å²) in [5.41, 5.74) is 4.64. The molecule has 2 atom stereocenters. The second-order valence-corrected chi connectivity index (χ2v) is 7.22. The second kappa shape index (κ2) is 8.41. The van der Waals surface area contributed by atoms with Crippen LogP contribution < -0.4 is 4.74 Å². The van der Waals surface area contributed by atoms with E-state index < -0.39 is 0 Å². The molecule has 1 aliphatic carbocycles. The Morgan fingerprint density at radius 2 is 2.08 bits per heavy atom. The first kappa shape index (κ1) is 18.6. The zero-order valence-corrected chi connectivity index (χ0v) is 15.7. The number of methoxy groups -OCH3 is 1. The molecule has 132 valence electrons. The topological polar surface area (TPSA) is 29.5 Å². The predicted molar refractivity (Wildman–Crippen MR) is 102 cm³/mol. The fraction of sp³-hybridized carbons (Fsp3) is 0.545. The number of aromatic hydroxyl groups is 1. The van der Waals surface area contributed by atoms with Crippen LogP contribution in [0, 0.1) is 5.92 Å². The smallest absolute Gasteiger partial charge is 0.126 e. The molecule has 0 fully saturated rings. The van der Waals surface area contributed by atoms with Crippen LogP contribution in [-0.2, 0) is 6.42 Å². The third kappa shape index (κ3) is 4.23. The number of allylic oxidation sites excluding steroid dienone is 3. The van der Waals surface area contributed by atoms with Gasteiger partial charge in [0.25, 0.3) is 0 Å². The van der Waals surface area contributed by atoms with Gasteiger partial charge in [0, 0.05) is 11.5 Å². The number of ether oxygens (including phenoxy) is 1. The summed E-state index contributed by atoms with van der Waals surface area (Å²) in [6.07, 6.45) is 9.03. The number of benzene rings is 1. The number of unbranched alkanes of at least 4 members (excludes halogenated alkanes) is 2. The minimum atomic E-state index is 0.149. The van der Waals surface area contributed by atoms with E-state index in [4.69, 9.17) is 4.74 Å². The van der Waals surface area contributed by atoms with Gasteiger partial charge in [-0.2, -0.15) is 0 Å². The van der Waals surface area contributed by atoms with Crippen molar-refractivity contribution in [2.45, 2.75) is 65.2 Å². The quantitative estimate of drug-likeness (QED) is 0.480. The van der Waals surface area contributed by atoms with Gasteiger partial charge < -0.3 is 9.84 Å². The Balaban J connectivity index is 2.40. The van der Waals surface area contributed by atoms with Crippen LogP contribution in [0.1, 0.15) is 69.9 Å². The molecule has 0 heterocycles. The maximum atomic E-state index is 10.8. The van der Waals surface area contributed by atoms with E-state index in [0.29, 0.717) is 11.7 Å². The summed E-state index contributed by atoms with van der Waals surface area (Å²) >= 11 is 0. The molecule has 0 spiro atoms. The van der Waals surface area contributed by atoms with E-state index in [1.165, 1.54) is 24.0 Å². The van der Waals surface area contributed by atoms with E-state index in [0.717, 1.165) is 42.6 Å². The third-order valence-corrected chi connectivity index (χ3v) is 5.18. The molecule has 0 radical (unpaired) electrons. The van der Waals surface area contributed by atoms with Crippen LogP contribution in [0.15, 0.2) is 35.9 Å². The normalized spacial score (nSPS) is 20.6. The summed E-state index contributed by atoms with van der Waals surface area (Å²) in [7, 11) is 1.70. The van der Waals surface area contributed by atoms with Gasteiger partial charge in [-0.05, 0) is 63.1 Å². The van der Waals surface area contributed by atoms with E-state index in [-0.39, 0.29) is 5.92 Å². The molecule has 2 nitrogen and oxygen atoms in total. The molecule has 1 aromatic rings. The molecule has 0 saturated carbocycles. The Labute approximate surface area is 147 Å². The number of rotatable bonds is 7. The average Bonchev–Trinajstić information content (AvgIpc) is 2.54. The van der Waals surface area contributed by atoms with Gasteiger partial charge >= 0.3 is 0 Å². The lowest BCUT2D eigenvalue weighted by molar-refractivity contribution is 0.381. The SMILES string of the molecule is C=C(C)C1CCC(C)=CC1c1c(O)cc(CCCCC)cc1OC. The highest BCUT2D eigenvalue weighted by atomic mass is 16.5. The second-order valence-electron chi connectivity index (χ2n) is 7.22. The molecule has 2 heteroatoms. The lowest BCUT2D eigenvalue weighted by atomic mass is 9.73. The maximum absolute atomic E-state index is 10.8. The summed E-state index contributed by atoms with van der Waals surface area (Å²) in [6, 6.07) is 4.04.